The Labute approximate surface area is 153 Å². The van der Waals surface area contributed by atoms with Crippen LogP contribution in [0, 0.1) is 0 Å². The number of primary amides is 1. The number of nitrogens with one attached hydrogen (secondary N) is 1. The van der Waals surface area contributed by atoms with Gasteiger partial charge in [-0.3, -0.25) is 14.6 Å². The average molecular weight is 367 g/mol. The number of fused-ring (bicyclic) bond motifs is 1. The predicted octanol–water partition coefficient (Wildman–Crippen LogP) is 1.42. The molecule has 8 nitrogen and oxygen atoms in total. The Kier molecular flexibility index (Phi) is 4.89. The first-order valence-corrected chi connectivity index (χ1v) is 8.08. The fraction of sp³-hybridized carbons (Fsp3) is 0.158. The van der Waals surface area contributed by atoms with Crippen LogP contribution in [0.2, 0.25) is 0 Å². The van der Waals surface area contributed by atoms with Crippen molar-refractivity contribution in [2.24, 2.45) is 5.73 Å². The predicted molar refractivity (Wildman–Crippen MR) is 97.5 cm³/mol. The summed E-state index contributed by atoms with van der Waals surface area (Å²) < 4.78 is 4.62. The lowest BCUT2D eigenvalue weighted by molar-refractivity contribution is -0.118. The summed E-state index contributed by atoms with van der Waals surface area (Å²) >= 11 is 0. The first kappa shape index (κ1) is 18.1. The number of methoxy groups -OCH3 is 1. The molecule has 27 heavy (non-hydrogen) atoms. The van der Waals surface area contributed by atoms with E-state index < -0.39 is 29.1 Å². The fourth-order valence-corrected chi connectivity index (χ4v) is 3.02. The molecule has 0 saturated heterocycles. The van der Waals surface area contributed by atoms with E-state index in [0.717, 1.165) is 24.2 Å². The second kappa shape index (κ2) is 7.28. The molecule has 0 radical (unpaired) electrons. The van der Waals surface area contributed by atoms with Crippen LogP contribution in [0.5, 0.6) is 5.75 Å². The molecule has 4 N–H and O–H groups in total. The fourth-order valence-electron chi connectivity index (χ4n) is 3.02. The van der Waals surface area contributed by atoms with Crippen LogP contribution < -0.4 is 11.3 Å². The smallest absolute Gasteiger partial charge is 0.343 e. The zero-order valence-corrected chi connectivity index (χ0v) is 14.4. The third-order valence-corrected chi connectivity index (χ3v) is 4.29. The SMILES string of the molecule is COC(=O)c1c[nH]c(=O)c([C@@H](CC(N)=O)c2ccc3ncccc3c2)c1O. The van der Waals surface area contributed by atoms with Gasteiger partial charge in [-0.15, -0.1) is 0 Å². The Morgan fingerprint density at radius 1 is 1.33 bits per heavy atom. The highest BCUT2D eigenvalue weighted by Crippen LogP contribution is 2.34. The molecule has 1 aromatic carbocycles. The molecule has 138 valence electrons. The van der Waals surface area contributed by atoms with Crippen molar-refractivity contribution in [1.29, 1.82) is 0 Å². The molecule has 2 heterocycles. The maximum atomic E-state index is 12.4. The molecule has 0 aliphatic heterocycles. The summed E-state index contributed by atoms with van der Waals surface area (Å²) in [5.74, 6) is -2.86. The minimum absolute atomic E-state index is 0.125. The highest BCUT2D eigenvalue weighted by Gasteiger charge is 2.27. The number of carbonyl (C=O) groups is 2. The number of rotatable bonds is 5. The number of esters is 1. The van der Waals surface area contributed by atoms with E-state index in [2.05, 4.69) is 14.7 Å². The van der Waals surface area contributed by atoms with Gasteiger partial charge >= 0.3 is 5.97 Å². The third kappa shape index (κ3) is 3.50. The van der Waals surface area contributed by atoms with E-state index in [1.807, 2.05) is 6.07 Å². The van der Waals surface area contributed by atoms with Gasteiger partial charge in [0.25, 0.3) is 5.56 Å². The van der Waals surface area contributed by atoms with Crippen molar-refractivity contribution in [3.63, 3.8) is 0 Å². The number of hydrogen-bond acceptors (Lipinski definition) is 6. The number of H-pyrrole nitrogens is 1. The Hall–Kier alpha value is -3.68. The number of amides is 1. The Morgan fingerprint density at radius 3 is 2.81 bits per heavy atom. The number of aromatic amines is 1. The van der Waals surface area contributed by atoms with E-state index in [0.29, 0.717) is 5.56 Å². The van der Waals surface area contributed by atoms with E-state index in [1.165, 1.54) is 0 Å². The molecule has 8 heteroatoms. The number of carbonyl (C=O) groups excluding carboxylic acids is 2. The van der Waals surface area contributed by atoms with Gasteiger partial charge in [-0.1, -0.05) is 12.1 Å². The summed E-state index contributed by atoms with van der Waals surface area (Å²) in [6, 6.07) is 8.81. The molecular formula is C19H17N3O5. The van der Waals surface area contributed by atoms with E-state index in [-0.39, 0.29) is 17.5 Å². The number of aromatic nitrogens is 2. The van der Waals surface area contributed by atoms with Gasteiger partial charge in [0.2, 0.25) is 5.91 Å². The number of benzene rings is 1. The standard InChI is InChI=1S/C19H17N3O5/c1-27-19(26)13-9-22-18(25)16(17(13)24)12(8-15(20)23)10-4-5-14-11(7-10)3-2-6-21-14/h2-7,9,12H,8H2,1H3,(H2,20,23)(H2,22,24,25)/t12-/m0/s1. The molecule has 1 amide bonds. The van der Waals surface area contributed by atoms with Crippen molar-refractivity contribution in [1.82, 2.24) is 9.97 Å². The average Bonchev–Trinajstić information content (AvgIpc) is 2.66. The van der Waals surface area contributed by atoms with Gasteiger partial charge in [0, 0.05) is 30.1 Å². The van der Waals surface area contributed by atoms with Crippen LogP contribution in [0.15, 0.2) is 47.5 Å². The largest absolute Gasteiger partial charge is 0.506 e. The second-order valence-electron chi connectivity index (χ2n) is 5.96. The molecule has 3 rings (SSSR count). The number of nitrogens with two attached hydrogens (primary N) is 1. The molecule has 0 spiro atoms. The van der Waals surface area contributed by atoms with E-state index in [4.69, 9.17) is 5.73 Å². The number of hydrogen-bond donors (Lipinski definition) is 3. The molecule has 0 fully saturated rings. The first-order chi connectivity index (χ1) is 12.9. The quantitative estimate of drug-likeness (QED) is 0.584. The summed E-state index contributed by atoms with van der Waals surface area (Å²) in [6.45, 7) is 0. The number of pyridine rings is 2. The summed E-state index contributed by atoms with van der Waals surface area (Å²) in [5.41, 5.74) is 5.73. The monoisotopic (exact) mass is 367 g/mol. The molecule has 0 bridgehead atoms. The minimum atomic E-state index is -0.847. The Bertz CT molecular complexity index is 1090. The Balaban J connectivity index is 2.22. The molecule has 3 aromatic rings. The van der Waals surface area contributed by atoms with E-state index in [9.17, 15) is 19.5 Å². The summed E-state index contributed by atoms with van der Waals surface area (Å²) in [6.07, 6.45) is 2.49. The van der Waals surface area contributed by atoms with E-state index >= 15 is 0 Å². The number of ether oxygens (including phenoxy) is 1. The van der Waals surface area contributed by atoms with Gasteiger partial charge in [-0.05, 0) is 23.8 Å². The van der Waals surface area contributed by atoms with Gasteiger partial charge < -0.3 is 20.6 Å². The molecule has 1 atom stereocenters. The summed E-state index contributed by atoms with van der Waals surface area (Å²) in [7, 11) is 1.16. The maximum absolute atomic E-state index is 12.4. The number of aromatic hydroxyl groups is 1. The van der Waals surface area contributed by atoms with Crippen molar-refractivity contribution in [2.75, 3.05) is 7.11 Å². The second-order valence-corrected chi connectivity index (χ2v) is 5.96. The van der Waals surface area contributed by atoms with Gasteiger partial charge in [0.15, 0.2) is 0 Å². The van der Waals surface area contributed by atoms with Crippen LogP contribution in [-0.2, 0) is 9.53 Å². The van der Waals surface area contributed by atoms with Crippen molar-refractivity contribution in [3.05, 3.63) is 69.8 Å². The molecule has 2 aromatic heterocycles. The van der Waals surface area contributed by atoms with Crippen molar-refractivity contribution < 1.29 is 19.4 Å². The van der Waals surface area contributed by atoms with Gasteiger partial charge in [-0.2, -0.15) is 0 Å². The van der Waals surface area contributed by atoms with Crippen LogP contribution in [-0.4, -0.2) is 34.1 Å². The molecule has 0 saturated carbocycles. The van der Waals surface area contributed by atoms with Crippen molar-refractivity contribution in [2.45, 2.75) is 12.3 Å². The zero-order valence-electron chi connectivity index (χ0n) is 14.4. The lowest BCUT2D eigenvalue weighted by Gasteiger charge is -2.18. The van der Waals surface area contributed by atoms with Gasteiger partial charge in [0.05, 0.1) is 18.2 Å². The topological polar surface area (TPSA) is 135 Å². The highest BCUT2D eigenvalue weighted by molar-refractivity contribution is 5.92. The van der Waals surface area contributed by atoms with Crippen LogP contribution in [0.1, 0.15) is 33.8 Å². The summed E-state index contributed by atoms with van der Waals surface area (Å²) in [4.78, 5) is 42.6. The number of nitrogens with zero attached hydrogens (tertiary/aromatic N) is 1. The summed E-state index contributed by atoms with van der Waals surface area (Å²) in [5, 5.41) is 11.3. The van der Waals surface area contributed by atoms with Crippen LogP contribution >= 0.6 is 0 Å². The van der Waals surface area contributed by atoms with E-state index in [1.54, 1.807) is 30.5 Å². The van der Waals surface area contributed by atoms with Crippen LogP contribution in [0.3, 0.4) is 0 Å². The van der Waals surface area contributed by atoms with Crippen LogP contribution in [0.25, 0.3) is 10.9 Å². The van der Waals surface area contributed by atoms with Crippen molar-refractivity contribution in [3.8, 4) is 5.75 Å². The van der Waals surface area contributed by atoms with Crippen LogP contribution in [0.4, 0.5) is 0 Å². The Morgan fingerprint density at radius 2 is 2.11 bits per heavy atom. The molecule has 0 aliphatic carbocycles. The lowest BCUT2D eigenvalue weighted by Crippen LogP contribution is -2.23. The minimum Gasteiger partial charge on any atom is -0.506 e. The lowest BCUT2D eigenvalue weighted by atomic mass is 9.87. The maximum Gasteiger partial charge on any atom is 0.343 e. The normalized spacial score (nSPS) is 11.9. The van der Waals surface area contributed by atoms with Gasteiger partial charge in [-0.25, -0.2) is 4.79 Å². The molecular weight excluding hydrogens is 350 g/mol. The molecule has 0 aliphatic rings. The molecule has 0 unspecified atom stereocenters. The van der Waals surface area contributed by atoms with Crippen molar-refractivity contribution >= 4 is 22.8 Å². The van der Waals surface area contributed by atoms with Gasteiger partial charge in [0.1, 0.15) is 11.3 Å². The first-order valence-electron chi connectivity index (χ1n) is 8.08. The highest BCUT2D eigenvalue weighted by atomic mass is 16.5. The zero-order chi connectivity index (χ0) is 19.6. The third-order valence-electron chi connectivity index (χ3n) is 4.29.